The van der Waals surface area contributed by atoms with Crippen LogP contribution in [0, 0.1) is 0 Å². The van der Waals surface area contributed by atoms with Crippen molar-refractivity contribution in [1.82, 2.24) is 10.0 Å². The number of ether oxygens (including phenoxy) is 1. The van der Waals surface area contributed by atoms with Crippen molar-refractivity contribution in [3.8, 4) is 0 Å². The highest BCUT2D eigenvalue weighted by molar-refractivity contribution is 7.89. The number of hydrogen-bond acceptors (Lipinski definition) is 5. The molecule has 1 aliphatic heterocycles. The summed E-state index contributed by atoms with van der Waals surface area (Å²) in [6, 6.07) is 1.68. The van der Waals surface area contributed by atoms with Crippen LogP contribution in [-0.2, 0) is 21.3 Å². The Kier molecular flexibility index (Phi) is 5.79. The lowest BCUT2D eigenvalue weighted by Gasteiger charge is -2.33. The molecule has 1 fully saturated rings. The molecule has 1 aromatic heterocycles. The summed E-state index contributed by atoms with van der Waals surface area (Å²) in [5.41, 5.74) is -0.507. The minimum absolute atomic E-state index is 0.392. The average Bonchev–Trinajstić information content (AvgIpc) is 2.88. The van der Waals surface area contributed by atoms with Gasteiger partial charge in [-0.25, -0.2) is 13.1 Å². The van der Waals surface area contributed by atoms with Crippen molar-refractivity contribution < 1.29 is 13.2 Å². The maximum Gasteiger partial charge on any atom is 0.242 e. The van der Waals surface area contributed by atoms with Gasteiger partial charge in [-0.2, -0.15) is 0 Å². The molecular formula is C14H24N2O3S2. The minimum atomic E-state index is -3.50. The average molecular weight is 332 g/mol. The van der Waals surface area contributed by atoms with E-state index in [4.69, 9.17) is 4.74 Å². The van der Waals surface area contributed by atoms with Gasteiger partial charge in [0, 0.05) is 18.0 Å². The van der Waals surface area contributed by atoms with Crippen LogP contribution < -0.4 is 10.0 Å². The van der Waals surface area contributed by atoms with E-state index in [-0.39, 0.29) is 0 Å². The Morgan fingerprint density at radius 1 is 1.48 bits per heavy atom. The fraction of sp³-hybridized carbons (Fsp3) is 0.714. The lowest BCUT2D eigenvalue weighted by atomic mass is 9.97. The van der Waals surface area contributed by atoms with E-state index in [9.17, 15) is 8.42 Å². The predicted molar refractivity (Wildman–Crippen MR) is 85.1 cm³/mol. The Balaban J connectivity index is 2.10. The Hall–Kier alpha value is -0.470. The highest BCUT2D eigenvalue weighted by Gasteiger charge is 2.34. The molecule has 1 unspecified atom stereocenters. The van der Waals surface area contributed by atoms with Crippen LogP contribution in [0.1, 0.15) is 38.0 Å². The summed E-state index contributed by atoms with van der Waals surface area (Å²) in [5, 5.41) is 5.09. The zero-order valence-corrected chi connectivity index (χ0v) is 14.3. The first-order valence-electron chi connectivity index (χ1n) is 7.36. The van der Waals surface area contributed by atoms with Gasteiger partial charge in [0.2, 0.25) is 10.0 Å². The second-order valence-corrected chi connectivity index (χ2v) is 8.36. The smallest absolute Gasteiger partial charge is 0.242 e. The number of rotatable bonds is 7. The fourth-order valence-electron chi connectivity index (χ4n) is 2.47. The van der Waals surface area contributed by atoms with E-state index >= 15 is 0 Å². The van der Waals surface area contributed by atoms with Crippen LogP contribution in [0.2, 0.25) is 0 Å². The van der Waals surface area contributed by atoms with Crippen LogP contribution in [0.3, 0.4) is 0 Å². The molecule has 0 saturated carbocycles. The maximum absolute atomic E-state index is 12.6. The number of sulfonamides is 1. The maximum atomic E-state index is 12.6. The van der Waals surface area contributed by atoms with Gasteiger partial charge in [-0.1, -0.05) is 6.92 Å². The van der Waals surface area contributed by atoms with E-state index in [1.165, 1.54) is 11.3 Å². The summed E-state index contributed by atoms with van der Waals surface area (Å²) in [5.74, 6) is 0. The predicted octanol–water partition coefficient (Wildman–Crippen LogP) is 2.10. The lowest BCUT2D eigenvalue weighted by molar-refractivity contribution is 0.0386. The summed E-state index contributed by atoms with van der Waals surface area (Å²) < 4.78 is 33.5. The molecule has 0 bridgehead atoms. The molecule has 0 aromatic carbocycles. The summed E-state index contributed by atoms with van der Waals surface area (Å²) >= 11 is 1.47. The van der Waals surface area contributed by atoms with Gasteiger partial charge in [-0.15, -0.1) is 11.3 Å². The molecule has 2 rings (SSSR count). The molecule has 2 heterocycles. The van der Waals surface area contributed by atoms with E-state index in [0.29, 0.717) is 24.7 Å². The van der Waals surface area contributed by atoms with Crippen LogP contribution in [0.15, 0.2) is 16.3 Å². The van der Waals surface area contributed by atoms with Crippen molar-refractivity contribution in [1.29, 1.82) is 0 Å². The van der Waals surface area contributed by atoms with Crippen molar-refractivity contribution >= 4 is 21.4 Å². The molecule has 7 heteroatoms. The minimum Gasteiger partial charge on any atom is -0.380 e. The highest BCUT2D eigenvalue weighted by atomic mass is 32.2. The monoisotopic (exact) mass is 332 g/mol. The van der Waals surface area contributed by atoms with Crippen LogP contribution in [-0.4, -0.2) is 33.7 Å². The van der Waals surface area contributed by atoms with Crippen molar-refractivity contribution in [2.45, 2.75) is 50.1 Å². The number of thiophene rings is 1. The molecule has 0 radical (unpaired) electrons. The van der Waals surface area contributed by atoms with Gasteiger partial charge in [-0.3, -0.25) is 0 Å². The fourth-order valence-corrected chi connectivity index (χ4v) is 5.31. The molecule has 5 nitrogen and oxygen atoms in total. The summed E-state index contributed by atoms with van der Waals surface area (Å²) in [6.07, 6.45) is 2.72. The van der Waals surface area contributed by atoms with E-state index in [2.05, 4.69) is 17.0 Å². The number of nitrogens with one attached hydrogen (secondary N) is 2. The molecule has 21 heavy (non-hydrogen) atoms. The molecule has 1 aromatic rings. The molecule has 0 aliphatic carbocycles. The van der Waals surface area contributed by atoms with Gasteiger partial charge in [0.15, 0.2) is 0 Å². The zero-order valence-electron chi connectivity index (χ0n) is 12.6. The van der Waals surface area contributed by atoms with E-state index in [1.807, 2.05) is 12.3 Å². The molecule has 0 spiro atoms. The molecule has 1 atom stereocenters. The SMILES string of the molecule is CCCNCc1sccc1S(=O)(=O)NC1(C)CCCOC1. The van der Waals surface area contributed by atoms with Crippen molar-refractivity contribution in [3.05, 3.63) is 16.3 Å². The van der Waals surface area contributed by atoms with Crippen LogP contribution >= 0.6 is 11.3 Å². The zero-order chi connectivity index (χ0) is 15.3. The van der Waals surface area contributed by atoms with Gasteiger partial charge in [-0.05, 0) is 44.2 Å². The van der Waals surface area contributed by atoms with Gasteiger partial charge in [0.25, 0.3) is 0 Å². The van der Waals surface area contributed by atoms with Crippen LogP contribution in [0.25, 0.3) is 0 Å². The summed E-state index contributed by atoms with van der Waals surface area (Å²) in [4.78, 5) is 1.25. The first-order chi connectivity index (χ1) is 9.97. The summed E-state index contributed by atoms with van der Waals surface area (Å²) in [6.45, 7) is 6.61. The van der Waals surface area contributed by atoms with E-state index < -0.39 is 15.6 Å². The van der Waals surface area contributed by atoms with Gasteiger partial charge in [0.05, 0.1) is 17.0 Å². The van der Waals surface area contributed by atoms with Crippen molar-refractivity contribution in [2.75, 3.05) is 19.8 Å². The first kappa shape index (κ1) is 16.9. The Labute approximate surface area is 131 Å². The highest BCUT2D eigenvalue weighted by Crippen LogP contribution is 2.26. The standard InChI is InChI=1S/C14H24N2O3S2/c1-3-7-15-10-12-13(5-9-20-12)21(17,18)16-14(2)6-4-8-19-11-14/h5,9,15-16H,3-4,6-8,10-11H2,1-2H3. The Morgan fingerprint density at radius 3 is 2.95 bits per heavy atom. The normalized spacial score (nSPS) is 23.3. The van der Waals surface area contributed by atoms with Gasteiger partial charge in [0.1, 0.15) is 0 Å². The molecular weight excluding hydrogens is 308 g/mol. The summed E-state index contributed by atoms with van der Waals surface area (Å²) in [7, 11) is -3.50. The Morgan fingerprint density at radius 2 is 2.29 bits per heavy atom. The lowest BCUT2D eigenvalue weighted by Crippen LogP contribution is -2.51. The second-order valence-electron chi connectivity index (χ2n) is 5.71. The molecule has 2 N–H and O–H groups in total. The third kappa shape index (κ3) is 4.50. The van der Waals surface area contributed by atoms with Crippen LogP contribution in [0.5, 0.6) is 0 Å². The van der Waals surface area contributed by atoms with Crippen molar-refractivity contribution in [3.63, 3.8) is 0 Å². The molecule has 1 saturated heterocycles. The van der Waals surface area contributed by atoms with Crippen LogP contribution in [0.4, 0.5) is 0 Å². The number of hydrogen-bond donors (Lipinski definition) is 2. The van der Waals surface area contributed by atoms with E-state index in [1.54, 1.807) is 6.07 Å². The largest absolute Gasteiger partial charge is 0.380 e. The molecule has 0 amide bonds. The first-order valence-corrected chi connectivity index (χ1v) is 9.72. The Bertz CT molecular complexity index is 548. The quantitative estimate of drug-likeness (QED) is 0.750. The molecule has 120 valence electrons. The topological polar surface area (TPSA) is 67.4 Å². The third-order valence-electron chi connectivity index (χ3n) is 3.53. The molecule has 1 aliphatic rings. The van der Waals surface area contributed by atoms with Gasteiger partial charge < -0.3 is 10.1 Å². The van der Waals surface area contributed by atoms with Gasteiger partial charge >= 0.3 is 0 Å². The third-order valence-corrected chi connectivity index (χ3v) is 6.30. The second kappa shape index (κ2) is 7.19. The van der Waals surface area contributed by atoms with E-state index in [0.717, 1.165) is 30.7 Å². The van der Waals surface area contributed by atoms with Crippen molar-refractivity contribution in [2.24, 2.45) is 0 Å².